The van der Waals surface area contributed by atoms with Crippen molar-refractivity contribution in [2.45, 2.75) is 64.4 Å². The third-order valence-corrected chi connectivity index (χ3v) is 5.69. The number of amides is 1. The molecule has 0 aromatic carbocycles. The summed E-state index contributed by atoms with van der Waals surface area (Å²) in [5, 5.41) is 24.6. The number of aromatic nitrogens is 2. The lowest BCUT2D eigenvalue weighted by atomic mass is 9.80. The number of piperidine rings is 1. The predicted molar refractivity (Wildman–Crippen MR) is 92.8 cm³/mol. The minimum absolute atomic E-state index is 0.0550. The fraction of sp³-hybridized carbons (Fsp3) is 0.722. The van der Waals surface area contributed by atoms with Gasteiger partial charge in [0.1, 0.15) is 12.6 Å². The number of rotatable bonds is 3. The molecule has 0 unspecified atom stereocenters. The Hall–Kier alpha value is -1.77. The van der Waals surface area contributed by atoms with Gasteiger partial charge >= 0.3 is 0 Å². The Bertz CT molecular complexity index is 706. The summed E-state index contributed by atoms with van der Waals surface area (Å²) in [6.07, 6.45) is -0.269. The van der Waals surface area contributed by atoms with Gasteiger partial charge in [-0.2, -0.15) is 5.10 Å². The highest BCUT2D eigenvalue weighted by Gasteiger charge is 2.48. The molecule has 144 valence electrons. The first kappa shape index (κ1) is 19.0. The molecule has 1 amide bonds. The van der Waals surface area contributed by atoms with E-state index in [4.69, 9.17) is 4.74 Å². The van der Waals surface area contributed by atoms with E-state index in [0.29, 0.717) is 55.9 Å². The van der Waals surface area contributed by atoms with E-state index in [-0.39, 0.29) is 18.2 Å². The smallest absolute Gasteiger partial charge is 0.244 e. The van der Waals surface area contributed by atoms with Gasteiger partial charge in [-0.25, -0.2) is 0 Å². The van der Waals surface area contributed by atoms with Crippen molar-refractivity contribution >= 4 is 11.7 Å². The number of Topliss-reactive ketones (excluding diaryl/α,β-unsaturated/α-hetero) is 1. The van der Waals surface area contributed by atoms with Gasteiger partial charge < -0.3 is 19.8 Å². The van der Waals surface area contributed by atoms with Gasteiger partial charge in [0.15, 0.2) is 5.78 Å². The highest BCUT2D eigenvalue weighted by atomic mass is 16.5. The second-order valence-electron chi connectivity index (χ2n) is 7.35. The summed E-state index contributed by atoms with van der Waals surface area (Å²) in [6.45, 7) is 6.48. The van der Waals surface area contributed by atoms with Crippen molar-refractivity contribution < 1.29 is 24.5 Å². The first-order valence-electron chi connectivity index (χ1n) is 9.08. The number of aliphatic hydroxyl groups is 2. The van der Waals surface area contributed by atoms with Crippen LogP contribution in [0.2, 0.25) is 0 Å². The summed E-state index contributed by atoms with van der Waals surface area (Å²) >= 11 is 0. The molecular formula is C18H27N3O5. The minimum Gasteiger partial charge on any atom is -0.390 e. The number of hydrogen-bond acceptors (Lipinski definition) is 6. The molecule has 1 spiro atoms. The monoisotopic (exact) mass is 365 g/mol. The fourth-order valence-electron chi connectivity index (χ4n) is 4.14. The lowest BCUT2D eigenvalue weighted by Gasteiger charge is -2.48. The Morgan fingerprint density at radius 1 is 1.27 bits per heavy atom. The minimum atomic E-state index is -0.914. The van der Waals surface area contributed by atoms with Crippen molar-refractivity contribution in [3.63, 3.8) is 0 Å². The van der Waals surface area contributed by atoms with Gasteiger partial charge in [-0.05, 0) is 40.0 Å². The van der Waals surface area contributed by atoms with Gasteiger partial charge in [-0.1, -0.05) is 0 Å². The van der Waals surface area contributed by atoms with Crippen molar-refractivity contribution in [2.24, 2.45) is 0 Å². The van der Waals surface area contributed by atoms with Crippen molar-refractivity contribution in [3.8, 4) is 0 Å². The number of aliphatic hydroxyl groups excluding tert-OH is 2. The summed E-state index contributed by atoms with van der Waals surface area (Å²) in [7, 11) is 0. The van der Waals surface area contributed by atoms with Crippen LogP contribution < -0.4 is 0 Å². The second kappa shape index (κ2) is 7.09. The SMILES string of the molecule is CC(=O)c1c(C)nn(CC(=O)N2CCC3(CC2)OCC[C@H](O)[C@@H]3O)c1C. The number of carbonyl (C=O) groups excluding carboxylic acids is 2. The van der Waals surface area contributed by atoms with Crippen LogP contribution in [0.4, 0.5) is 0 Å². The zero-order valence-electron chi connectivity index (χ0n) is 15.6. The molecule has 3 heterocycles. The molecule has 0 radical (unpaired) electrons. The van der Waals surface area contributed by atoms with Crippen molar-refractivity contribution in [1.29, 1.82) is 0 Å². The highest BCUT2D eigenvalue weighted by molar-refractivity contribution is 5.96. The first-order valence-corrected chi connectivity index (χ1v) is 9.08. The maximum atomic E-state index is 12.7. The van der Waals surface area contributed by atoms with Crippen LogP contribution in [-0.2, 0) is 16.1 Å². The highest BCUT2D eigenvalue weighted by Crippen LogP contribution is 2.35. The Morgan fingerprint density at radius 2 is 1.92 bits per heavy atom. The number of aryl methyl sites for hydroxylation is 1. The molecule has 2 saturated heterocycles. The molecule has 2 atom stereocenters. The summed E-state index contributed by atoms with van der Waals surface area (Å²) < 4.78 is 7.37. The van der Waals surface area contributed by atoms with Crippen molar-refractivity contribution in [3.05, 3.63) is 17.0 Å². The zero-order chi connectivity index (χ0) is 19.1. The first-order chi connectivity index (χ1) is 12.2. The Balaban J connectivity index is 1.64. The van der Waals surface area contributed by atoms with Gasteiger partial charge in [0.2, 0.25) is 5.91 Å². The molecule has 0 bridgehead atoms. The van der Waals surface area contributed by atoms with Crippen LogP contribution in [-0.4, -0.2) is 74.1 Å². The average Bonchev–Trinajstić information content (AvgIpc) is 2.87. The molecule has 8 nitrogen and oxygen atoms in total. The third-order valence-electron chi connectivity index (χ3n) is 5.69. The van der Waals surface area contributed by atoms with Crippen LogP contribution in [0.5, 0.6) is 0 Å². The van der Waals surface area contributed by atoms with Crippen LogP contribution in [0, 0.1) is 13.8 Å². The predicted octanol–water partition coefficient (Wildman–Crippen LogP) is 0.206. The molecule has 2 aliphatic heterocycles. The molecule has 8 heteroatoms. The number of hydrogen-bond donors (Lipinski definition) is 2. The van der Waals surface area contributed by atoms with Gasteiger partial charge in [0, 0.05) is 18.8 Å². The van der Waals surface area contributed by atoms with Gasteiger partial charge in [-0.3, -0.25) is 14.3 Å². The topological polar surface area (TPSA) is 105 Å². The third kappa shape index (κ3) is 3.28. The molecule has 2 fully saturated rings. The average molecular weight is 365 g/mol. The van der Waals surface area contributed by atoms with E-state index in [0.717, 1.165) is 0 Å². The van der Waals surface area contributed by atoms with E-state index >= 15 is 0 Å². The maximum absolute atomic E-state index is 12.7. The van der Waals surface area contributed by atoms with Gasteiger partial charge in [0.05, 0.1) is 29.6 Å². The van der Waals surface area contributed by atoms with E-state index in [2.05, 4.69) is 5.10 Å². The summed E-state index contributed by atoms with van der Waals surface area (Å²) in [5.41, 5.74) is 1.15. The van der Waals surface area contributed by atoms with Crippen LogP contribution in [0.3, 0.4) is 0 Å². The van der Waals surface area contributed by atoms with Crippen LogP contribution in [0.15, 0.2) is 0 Å². The second-order valence-corrected chi connectivity index (χ2v) is 7.35. The quantitative estimate of drug-likeness (QED) is 0.742. The zero-order valence-corrected chi connectivity index (χ0v) is 15.6. The van der Waals surface area contributed by atoms with E-state index < -0.39 is 17.8 Å². The maximum Gasteiger partial charge on any atom is 0.244 e. The molecule has 2 aliphatic rings. The van der Waals surface area contributed by atoms with E-state index in [9.17, 15) is 19.8 Å². The number of ketones is 1. The molecular weight excluding hydrogens is 338 g/mol. The molecule has 1 aromatic heterocycles. The van der Waals surface area contributed by atoms with Crippen LogP contribution in [0.25, 0.3) is 0 Å². The molecule has 2 N–H and O–H groups in total. The largest absolute Gasteiger partial charge is 0.390 e. The van der Waals surface area contributed by atoms with Crippen LogP contribution in [0.1, 0.15) is 47.9 Å². The molecule has 0 saturated carbocycles. The normalized spacial score (nSPS) is 25.5. The Morgan fingerprint density at radius 3 is 2.50 bits per heavy atom. The number of ether oxygens (including phenoxy) is 1. The Labute approximate surface area is 152 Å². The van der Waals surface area contributed by atoms with Crippen molar-refractivity contribution in [1.82, 2.24) is 14.7 Å². The molecule has 1 aromatic rings. The van der Waals surface area contributed by atoms with E-state index in [1.165, 1.54) is 6.92 Å². The number of nitrogens with zero attached hydrogens (tertiary/aromatic N) is 3. The standard InChI is InChI=1S/C18H27N3O5/c1-11-16(13(3)22)12(2)21(19-11)10-15(24)20-7-5-18(6-8-20)17(25)14(23)4-9-26-18/h14,17,23,25H,4-10H2,1-3H3/t14-,17-/m0/s1. The summed E-state index contributed by atoms with van der Waals surface area (Å²) in [5.74, 6) is -0.132. The van der Waals surface area contributed by atoms with Crippen molar-refractivity contribution in [2.75, 3.05) is 19.7 Å². The molecule has 26 heavy (non-hydrogen) atoms. The Kier molecular flexibility index (Phi) is 5.18. The summed E-state index contributed by atoms with van der Waals surface area (Å²) in [4.78, 5) is 26.1. The van der Waals surface area contributed by atoms with Gasteiger partial charge in [-0.15, -0.1) is 0 Å². The summed E-state index contributed by atoms with van der Waals surface area (Å²) in [6, 6.07) is 0. The van der Waals surface area contributed by atoms with E-state index in [1.807, 2.05) is 0 Å². The number of likely N-dealkylation sites (tertiary alicyclic amines) is 1. The van der Waals surface area contributed by atoms with E-state index in [1.54, 1.807) is 23.4 Å². The number of carbonyl (C=O) groups is 2. The lowest BCUT2D eigenvalue weighted by molar-refractivity contribution is -0.214. The molecule has 3 rings (SSSR count). The fourth-order valence-corrected chi connectivity index (χ4v) is 4.14. The molecule has 0 aliphatic carbocycles. The van der Waals surface area contributed by atoms with Gasteiger partial charge in [0.25, 0.3) is 0 Å². The lowest BCUT2D eigenvalue weighted by Crippen LogP contribution is -2.60. The van der Waals surface area contributed by atoms with Crippen LogP contribution >= 0.6 is 0 Å².